The maximum Gasteiger partial charge on any atom is 0.259 e. The molecule has 3 rings (SSSR count). The molecule has 0 aromatic carbocycles. The number of H-pyrrole nitrogens is 1. The van der Waals surface area contributed by atoms with Crippen LogP contribution in [0.1, 0.15) is 13.8 Å². The van der Waals surface area contributed by atoms with Crippen LogP contribution in [-0.4, -0.2) is 45.2 Å². The van der Waals surface area contributed by atoms with Crippen LogP contribution >= 0.6 is 11.8 Å². The number of hydrogen-bond acceptors (Lipinski definition) is 6. The van der Waals surface area contributed by atoms with Crippen molar-refractivity contribution in [1.82, 2.24) is 20.3 Å². The molecule has 0 bridgehead atoms. The topological polar surface area (TPSA) is 99.9 Å². The number of thioether (sulfide) groups is 1. The minimum Gasteiger partial charge on any atom is -0.350 e. The monoisotopic (exact) mass is 332 g/mol. The minimum absolute atomic E-state index is 0.0995. The zero-order valence-corrected chi connectivity index (χ0v) is 14.0. The van der Waals surface area contributed by atoms with Crippen molar-refractivity contribution >= 4 is 34.5 Å². The Balaban J connectivity index is 1.81. The number of nitrogens with one attached hydrogen (secondary N) is 2. The van der Waals surface area contributed by atoms with E-state index in [4.69, 9.17) is 5.73 Å². The van der Waals surface area contributed by atoms with Crippen LogP contribution in [0, 0.1) is 0 Å². The van der Waals surface area contributed by atoms with E-state index < -0.39 is 5.54 Å². The van der Waals surface area contributed by atoms with Crippen LogP contribution in [0.25, 0.3) is 11.0 Å². The summed E-state index contributed by atoms with van der Waals surface area (Å²) in [6.07, 6.45) is 5.21. The molecule has 1 amide bonds. The first kappa shape index (κ1) is 15.8. The molecule has 2 aromatic heterocycles. The van der Waals surface area contributed by atoms with Crippen molar-refractivity contribution in [2.45, 2.75) is 19.4 Å². The van der Waals surface area contributed by atoms with Gasteiger partial charge in [-0.3, -0.25) is 4.79 Å². The van der Waals surface area contributed by atoms with Gasteiger partial charge >= 0.3 is 0 Å². The van der Waals surface area contributed by atoms with E-state index in [1.54, 1.807) is 11.8 Å². The summed E-state index contributed by atoms with van der Waals surface area (Å²) >= 11 is 1.54. The van der Waals surface area contributed by atoms with E-state index in [1.807, 2.05) is 37.2 Å². The first-order valence-corrected chi connectivity index (χ1v) is 8.39. The van der Waals surface area contributed by atoms with Crippen molar-refractivity contribution in [2.24, 2.45) is 5.73 Å². The highest BCUT2D eigenvalue weighted by molar-refractivity contribution is 8.04. The Labute approximate surface area is 138 Å². The van der Waals surface area contributed by atoms with E-state index in [0.29, 0.717) is 11.4 Å². The molecule has 0 aliphatic carbocycles. The van der Waals surface area contributed by atoms with E-state index in [9.17, 15) is 4.79 Å². The molecular formula is C15H20N6OS. The number of rotatable bonds is 4. The number of hydrogen-bond donors (Lipinski definition) is 3. The van der Waals surface area contributed by atoms with Gasteiger partial charge in [0.05, 0.1) is 10.3 Å². The maximum atomic E-state index is 12.3. The number of aromatic amines is 1. The number of carbonyl (C=O) groups excluding carboxylic acids is 1. The first-order chi connectivity index (χ1) is 10.9. The number of carbonyl (C=O) groups is 1. The zero-order valence-electron chi connectivity index (χ0n) is 13.2. The molecule has 0 unspecified atom stereocenters. The van der Waals surface area contributed by atoms with Gasteiger partial charge in [0.25, 0.3) is 5.91 Å². The summed E-state index contributed by atoms with van der Waals surface area (Å²) in [5.74, 6) is 1.53. The number of nitrogens with two attached hydrogens (primary N) is 1. The van der Waals surface area contributed by atoms with Gasteiger partial charge in [-0.15, -0.1) is 11.8 Å². The second kappa shape index (κ2) is 6.21. The molecule has 0 atom stereocenters. The van der Waals surface area contributed by atoms with Crippen LogP contribution in [0.5, 0.6) is 0 Å². The molecule has 0 fully saturated rings. The van der Waals surface area contributed by atoms with Crippen LogP contribution in [0.3, 0.4) is 0 Å². The van der Waals surface area contributed by atoms with Gasteiger partial charge in [-0.2, -0.15) is 0 Å². The second-order valence-corrected chi connectivity index (χ2v) is 7.28. The van der Waals surface area contributed by atoms with E-state index >= 15 is 0 Å². The lowest BCUT2D eigenvalue weighted by molar-refractivity contribution is -0.117. The number of nitrogens with zero attached hydrogens (tertiary/aromatic N) is 3. The minimum atomic E-state index is -0.431. The SMILES string of the molecule is CC(C)(N)CNC(=O)C1=CN(c2ncnc3[nH]ccc23)CCS1. The van der Waals surface area contributed by atoms with Crippen LogP contribution in [0.15, 0.2) is 29.7 Å². The van der Waals surface area contributed by atoms with E-state index in [1.165, 1.54) is 6.33 Å². The third-order valence-electron chi connectivity index (χ3n) is 3.40. The quantitative estimate of drug-likeness (QED) is 0.778. The Hall–Kier alpha value is -2.06. The Morgan fingerprint density at radius 2 is 2.35 bits per heavy atom. The lowest BCUT2D eigenvalue weighted by atomic mass is 10.1. The van der Waals surface area contributed by atoms with Gasteiger partial charge in [-0.25, -0.2) is 9.97 Å². The van der Waals surface area contributed by atoms with Gasteiger partial charge in [0.1, 0.15) is 17.8 Å². The smallest absolute Gasteiger partial charge is 0.259 e. The van der Waals surface area contributed by atoms with Crippen molar-refractivity contribution < 1.29 is 4.79 Å². The van der Waals surface area contributed by atoms with Crippen molar-refractivity contribution in [1.29, 1.82) is 0 Å². The lowest BCUT2D eigenvalue weighted by Gasteiger charge is -2.26. The second-order valence-electron chi connectivity index (χ2n) is 6.14. The molecule has 8 heteroatoms. The Kier molecular flexibility index (Phi) is 4.27. The fraction of sp³-hybridized carbons (Fsp3) is 0.400. The molecule has 0 spiro atoms. The van der Waals surface area contributed by atoms with Crippen LogP contribution in [0.4, 0.5) is 5.82 Å². The molecule has 3 heterocycles. The van der Waals surface area contributed by atoms with Crippen molar-refractivity contribution in [3.63, 3.8) is 0 Å². The van der Waals surface area contributed by atoms with E-state index in [2.05, 4.69) is 20.3 Å². The third-order valence-corrected chi connectivity index (χ3v) is 4.38. The standard InChI is InChI=1S/C15H20N6OS/c1-15(2,16)8-18-14(22)11-7-21(5-6-23-11)13-10-3-4-17-12(10)19-9-20-13/h3-4,7,9H,5-6,8,16H2,1-2H3,(H,18,22)(H,17,19,20). The molecule has 1 aliphatic rings. The van der Waals surface area contributed by atoms with Crippen molar-refractivity contribution in [3.05, 3.63) is 29.7 Å². The predicted octanol–water partition coefficient (Wildman–Crippen LogP) is 1.21. The average molecular weight is 332 g/mol. The normalized spacial score (nSPS) is 15.6. The molecular weight excluding hydrogens is 312 g/mol. The summed E-state index contributed by atoms with van der Waals surface area (Å²) in [6, 6.07) is 1.94. The maximum absolute atomic E-state index is 12.3. The molecule has 4 N–H and O–H groups in total. The third kappa shape index (κ3) is 3.65. The van der Waals surface area contributed by atoms with E-state index in [0.717, 1.165) is 29.1 Å². The summed E-state index contributed by atoms with van der Waals surface area (Å²) in [7, 11) is 0. The molecule has 7 nitrogen and oxygen atoms in total. The Morgan fingerprint density at radius 3 is 3.13 bits per heavy atom. The lowest BCUT2D eigenvalue weighted by Crippen LogP contribution is -2.45. The predicted molar refractivity (Wildman–Crippen MR) is 93.1 cm³/mol. The van der Waals surface area contributed by atoms with Gasteiger partial charge < -0.3 is 20.9 Å². The summed E-state index contributed by atoms with van der Waals surface area (Å²) in [4.78, 5) is 26.6. The fourth-order valence-corrected chi connectivity index (χ4v) is 3.18. The fourth-order valence-electron chi connectivity index (χ4n) is 2.27. The van der Waals surface area contributed by atoms with Gasteiger partial charge in [0.2, 0.25) is 0 Å². The van der Waals surface area contributed by atoms with Gasteiger partial charge in [0.15, 0.2) is 0 Å². The molecule has 0 saturated carbocycles. The number of fused-ring (bicyclic) bond motifs is 1. The van der Waals surface area contributed by atoms with Crippen molar-refractivity contribution in [2.75, 3.05) is 23.7 Å². The summed E-state index contributed by atoms with van der Waals surface area (Å²) in [5, 5.41) is 3.82. The molecule has 0 saturated heterocycles. The number of aromatic nitrogens is 3. The number of amides is 1. The van der Waals surface area contributed by atoms with Crippen molar-refractivity contribution in [3.8, 4) is 0 Å². The van der Waals surface area contributed by atoms with E-state index in [-0.39, 0.29) is 5.91 Å². The average Bonchev–Trinajstić information content (AvgIpc) is 3.00. The summed E-state index contributed by atoms with van der Waals surface area (Å²) < 4.78 is 0. The largest absolute Gasteiger partial charge is 0.350 e. The molecule has 1 aliphatic heterocycles. The number of anilines is 1. The Morgan fingerprint density at radius 1 is 1.52 bits per heavy atom. The van der Waals surface area contributed by atoms with Gasteiger partial charge in [0, 0.05) is 36.8 Å². The summed E-state index contributed by atoms with van der Waals surface area (Å²) in [6.45, 7) is 4.98. The highest BCUT2D eigenvalue weighted by Gasteiger charge is 2.21. The summed E-state index contributed by atoms with van der Waals surface area (Å²) in [5.41, 5.74) is 6.27. The zero-order chi connectivity index (χ0) is 16.4. The highest BCUT2D eigenvalue weighted by Crippen LogP contribution is 2.28. The van der Waals surface area contributed by atoms with Crippen LogP contribution in [0.2, 0.25) is 0 Å². The molecule has 23 heavy (non-hydrogen) atoms. The van der Waals surface area contributed by atoms with Gasteiger partial charge in [-0.05, 0) is 19.9 Å². The molecule has 2 aromatic rings. The highest BCUT2D eigenvalue weighted by atomic mass is 32.2. The van der Waals surface area contributed by atoms with Crippen LogP contribution < -0.4 is 16.0 Å². The first-order valence-electron chi connectivity index (χ1n) is 7.40. The molecule has 122 valence electrons. The molecule has 0 radical (unpaired) electrons. The van der Waals surface area contributed by atoms with Gasteiger partial charge in [-0.1, -0.05) is 0 Å². The van der Waals surface area contributed by atoms with Crippen LogP contribution in [-0.2, 0) is 4.79 Å². The Bertz CT molecular complexity index is 748.